The number of aliphatic hydroxyl groups is 1. The first-order valence-electron chi connectivity index (χ1n) is 5.28. The van der Waals surface area contributed by atoms with Gasteiger partial charge in [0, 0.05) is 5.41 Å². The summed E-state index contributed by atoms with van der Waals surface area (Å²) in [4.78, 5) is 0. The molecule has 1 fully saturated rings. The smallest absolute Gasteiger partial charge is 0.0633 e. The van der Waals surface area contributed by atoms with Crippen LogP contribution in [-0.2, 0) is 4.74 Å². The number of rotatable bonds is 4. The molecule has 0 amide bonds. The van der Waals surface area contributed by atoms with E-state index in [0.717, 1.165) is 19.4 Å². The van der Waals surface area contributed by atoms with Crippen LogP contribution in [0.2, 0.25) is 0 Å². The number of hydrogen-bond donors (Lipinski definition) is 1. The Morgan fingerprint density at radius 3 is 2.46 bits per heavy atom. The van der Waals surface area contributed by atoms with E-state index in [2.05, 4.69) is 20.8 Å². The first-order chi connectivity index (χ1) is 6.04. The van der Waals surface area contributed by atoms with Crippen LogP contribution in [0, 0.1) is 5.41 Å². The SMILES string of the molecule is CCCCC1(CO)COC(C)(C)C1. The summed E-state index contributed by atoms with van der Waals surface area (Å²) in [5, 5.41) is 9.40. The Hall–Kier alpha value is -0.0800. The molecule has 0 radical (unpaired) electrons. The van der Waals surface area contributed by atoms with Crippen LogP contribution in [0.1, 0.15) is 46.5 Å². The quantitative estimate of drug-likeness (QED) is 0.730. The summed E-state index contributed by atoms with van der Waals surface area (Å²) in [6, 6.07) is 0. The van der Waals surface area contributed by atoms with Gasteiger partial charge in [-0.05, 0) is 26.7 Å². The van der Waals surface area contributed by atoms with E-state index in [4.69, 9.17) is 4.74 Å². The van der Waals surface area contributed by atoms with E-state index in [1.54, 1.807) is 0 Å². The van der Waals surface area contributed by atoms with Crippen LogP contribution in [-0.4, -0.2) is 23.9 Å². The average molecular weight is 186 g/mol. The number of ether oxygens (including phenoxy) is 1. The van der Waals surface area contributed by atoms with Crippen LogP contribution in [0.3, 0.4) is 0 Å². The maximum Gasteiger partial charge on any atom is 0.0633 e. The Morgan fingerprint density at radius 1 is 1.38 bits per heavy atom. The highest BCUT2D eigenvalue weighted by Crippen LogP contribution is 2.42. The predicted octanol–water partition coefficient (Wildman–Crippen LogP) is 2.35. The van der Waals surface area contributed by atoms with Gasteiger partial charge in [0.2, 0.25) is 0 Å². The topological polar surface area (TPSA) is 29.5 Å². The van der Waals surface area contributed by atoms with Crippen LogP contribution in [0.4, 0.5) is 0 Å². The lowest BCUT2D eigenvalue weighted by atomic mass is 9.79. The molecule has 0 aromatic carbocycles. The Labute approximate surface area is 81.3 Å². The van der Waals surface area contributed by atoms with Crippen molar-refractivity contribution in [3.8, 4) is 0 Å². The Morgan fingerprint density at radius 2 is 2.08 bits per heavy atom. The van der Waals surface area contributed by atoms with Crippen molar-refractivity contribution in [1.82, 2.24) is 0 Å². The summed E-state index contributed by atoms with van der Waals surface area (Å²) < 4.78 is 5.68. The monoisotopic (exact) mass is 186 g/mol. The van der Waals surface area contributed by atoms with Crippen LogP contribution in [0.15, 0.2) is 0 Å². The highest BCUT2D eigenvalue weighted by atomic mass is 16.5. The van der Waals surface area contributed by atoms with E-state index in [-0.39, 0.29) is 17.6 Å². The number of aliphatic hydroxyl groups excluding tert-OH is 1. The molecule has 1 atom stereocenters. The summed E-state index contributed by atoms with van der Waals surface area (Å²) in [7, 11) is 0. The van der Waals surface area contributed by atoms with Crippen molar-refractivity contribution in [1.29, 1.82) is 0 Å². The minimum absolute atomic E-state index is 0.0313. The fourth-order valence-corrected chi connectivity index (χ4v) is 2.25. The van der Waals surface area contributed by atoms with E-state index >= 15 is 0 Å². The first kappa shape index (κ1) is 11.0. The molecule has 13 heavy (non-hydrogen) atoms. The van der Waals surface area contributed by atoms with Crippen molar-refractivity contribution in [3.63, 3.8) is 0 Å². The van der Waals surface area contributed by atoms with Gasteiger partial charge in [-0.25, -0.2) is 0 Å². The fourth-order valence-electron chi connectivity index (χ4n) is 2.25. The van der Waals surface area contributed by atoms with Crippen molar-refractivity contribution in [2.24, 2.45) is 5.41 Å². The van der Waals surface area contributed by atoms with E-state index in [1.165, 1.54) is 12.8 Å². The number of hydrogen-bond acceptors (Lipinski definition) is 2. The van der Waals surface area contributed by atoms with Crippen molar-refractivity contribution in [3.05, 3.63) is 0 Å². The molecule has 1 aliphatic rings. The maximum absolute atomic E-state index is 9.40. The molecule has 0 aliphatic carbocycles. The molecule has 2 nitrogen and oxygen atoms in total. The largest absolute Gasteiger partial charge is 0.396 e. The lowest BCUT2D eigenvalue weighted by molar-refractivity contribution is 0.0248. The zero-order chi connectivity index (χ0) is 9.95. The first-order valence-corrected chi connectivity index (χ1v) is 5.28. The van der Waals surface area contributed by atoms with E-state index in [0.29, 0.717) is 0 Å². The van der Waals surface area contributed by atoms with Gasteiger partial charge < -0.3 is 9.84 Å². The summed E-state index contributed by atoms with van der Waals surface area (Å²) in [5.41, 5.74) is 0.0238. The van der Waals surface area contributed by atoms with Gasteiger partial charge in [-0.2, -0.15) is 0 Å². The molecule has 1 N–H and O–H groups in total. The molecule has 0 aromatic heterocycles. The molecule has 1 heterocycles. The van der Waals surface area contributed by atoms with Crippen LogP contribution in [0.5, 0.6) is 0 Å². The molecule has 0 saturated carbocycles. The van der Waals surface area contributed by atoms with E-state index in [9.17, 15) is 5.11 Å². The third kappa shape index (κ3) is 2.68. The molecular formula is C11H22O2. The van der Waals surface area contributed by atoms with Crippen molar-refractivity contribution >= 4 is 0 Å². The summed E-state index contributed by atoms with van der Waals surface area (Å²) in [6.45, 7) is 7.41. The van der Waals surface area contributed by atoms with Gasteiger partial charge >= 0.3 is 0 Å². The number of unbranched alkanes of at least 4 members (excludes halogenated alkanes) is 1. The summed E-state index contributed by atoms with van der Waals surface area (Å²) >= 11 is 0. The maximum atomic E-state index is 9.40. The molecule has 1 saturated heterocycles. The highest BCUT2D eigenvalue weighted by Gasteiger charge is 2.43. The summed E-state index contributed by atoms with van der Waals surface area (Å²) in [6.07, 6.45) is 4.49. The summed E-state index contributed by atoms with van der Waals surface area (Å²) in [5.74, 6) is 0. The van der Waals surface area contributed by atoms with E-state index in [1.807, 2.05) is 0 Å². The Balaban J connectivity index is 2.52. The van der Waals surface area contributed by atoms with Crippen molar-refractivity contribution in [2.75, 3.05) is 13.2 Å². The van der Waals surface area contributed by atoms with Crippen molar-refractivity contribution in [2.45, 2.75) is 52.1 Å². The third-order valence-electron chi connectivity index (χ3n) is 2.97. The lowest BCUT2D eigenvalue weighted by Crippen LogP contribution is -2.27. The van der Waals surface area contributed by atoms with Crippen LogP contribution < -0.4 is 0 Å². The Kier molecular flexibility index (Phi) is 3.36. The highest BCUT2D eigenvalue weighted by molar-refractivity contribution is 4.92. The minimum Gasteiger partial charge on any atom is -0.396 e. The zero-order valence-electron chi connectivity index (χ0n) is 9.10. The van der Waals surface area contributed by atoms with Gasteiger partial charge in [-0.3, -0.25) is 0 Å². The van der Waals surface area contributed by atoms with Crippen LogP contribution in [0.25, 0.3) is 0 Å². The minimum atomic E-state index is -0.0313. The van der Waals surface area contributed by atoms with Crippen LogP contribution >= 0.6 is 0 Å². The molecule has 0 aromatic rings. The predicted molar refractivity (Wildman–Crippen MR) is 53.7 cm³/mol. The van der Waals surface area contributed by atoms with Gasteiger partial charge in [0.05, 0.1) is 18.8 Å². The second kappa shape index (κ2) is 3.97. The molecule has 0 spiro atoms. The standard InChI is InChI=1S/C11H22O2/c1-4-5-6-11(8-12)7-10(2,3)13-9-11/h12H,4-9H2,1-3H3. The van der Waals surface area contributed by atoms with Gasteiger partial charge in [0.1, 0.15) is 0 Å². The molecule has 1 unspecified atom stereocenters. The Bertz CT molecular complexity index is 165. The molecule has 1 aliphatic heterocycles. The second-order valence-corrected chi connectivity index (χ2v) is 4.99. The third-order valence-corrected chi connectivity index (χ3v) is 2.97. The second-order valence-electron chi connectivity index (χ2n) is 4.99. The molecule has 1 rings (SSSR count). The average Bonchev–Trinajstić information content (AvgIpc) is 2.40. The van der Waals surface area contributed by atoms with Gasteiger partial charge in [-0.15, -0.1) is 0 Å². The molecule has 0 bridgehead atoms. The fraction of sp³-hybridized carbons (Fsp3) is 1.00. The molecular weight excluding hydrogens is 164 g/mol. The molecule has 78 valence electrons. The van der Waals surface area contributed by atoms with Crippen molar-refractivity contribution < 1.29 is 9.84 Å². The normalized spacial score (nSPS) is 32.3. The van der Waals surface area contributed by atoms with Gasteiger partial charge in [-0.1, -0.05) is 19.8 Å². The van der Waals surface area contributed by atoms with E-state index < -0.39 is 0 Å². The van der Waals surface area contributed by atoms with Gasteiger partial charge in [0.25, 0.3) is 0 Å². The van der Waals surface area contributed by atoms with Gasteiger partial charge in [0.15, 0.2) is 0 Å². The zero-order valence-corrected chi connectivity index (χ0v) is 9.10. The lowest BCUT2D eigenvalue weighted by Gasteiger charge is -2.25. The molecule has 2 heteroatoms.